The van der Waals surface area contributed by atoms with Crippen LogP contribution < -0.4 is 4.74 Å². The molecule has 3 heterocycles. The van der Waals surface area contributed by atoms with Crippen molar-refractivity contribution in [2.45, 2.75) is 24.9 Å². The number of carboxylic acid groups (broad SMARTS) is 1. The van der Waals surface area contributed by atoms with Gasteiger partial charge < -0.3 is 19.8 Å². The molecule has 1 unspecified atom stereocenters. The third kappa shape index (κ3) is 5.77. The minimum Gasteiger partial charge on any atom is -0.478 e. The molecule has 37 heavy (non-hydrogen) atoms. The summed E-state index contributed by atoms with van der Waals surface area (Å²) in [7, 11) is 0. The molecule has 0 amide bonds. The average Bonchev–Trinajstić information content (AvgIpc) is 3.06. The van der Waals surface area contributed by atoms with Crippen LogP contribution in [0.5, 0.6) is 5.88 Å². The second-order valence-corrected chi connectivity index (χ2v) is 9.96. The highest BCUT2D eigenvalue weighted by atomic mass is 35.5. The quantitative estimate of drug-likeness (QED) is 0.492. The summed E-state index contributed by atoms with van der Waals surface area (Å²) >= 11 is 6.01. The first kappa shape index (κ1) is 25.2. The SMILES string of the molecule is O=C(O)C=CC1C=CC=C2Oc3ncccc3C(=CCCN3CCC(O)(c4ccc(Cl)cc4)CC3)C=C21. The molecule has 0 bridgehead atoms. The number of nitrogens with zero attached hydrogens (tertiary/aromatic N) is 2. The number of aliphatic hydroxyl groups is 1. The molecule has 0 saturated carbocycles. The largest absolute Gasteiger partial charge is 0.478 e. The third-order valence-electron chi connectivity index (χ3n) is 7.13. The van der Waals surface area contributed by atoms with Crippen LogP contribution >= 0.6 is 11.6 Å². The minimum atomic E-state index is -0.982. The van der Waals surface area contributed by atoms with Crippen molar-refractivity contribution >= 4 is 23.1 Å². The molecule has 1 aromatic carbocycles. The maximum absolute atomic E-state index is 11.2. The summed E-state index contributed by atoms with van der Waals surface area (Å²) in [5, 5.41) is 21.0. The van der Waals surface area contributed by atoms with Gasteiger partial charge in [-0.05, 0) is 66.8 Å². The van der Waals surface area contributed by atoms with E-state index in [4.69, 9.17) is 21.4 Å². The van der Waals surface area contributed by atoms with Crippen molar-refractivity contribution in [3.8, 4) is 5.88 Å². The summed E-state index contributed by atoms with van der Waals surface area (Å²) in [6.45, 7) is 2.49. The number of ether oxygens (including phenoxy) is 1. The zero-order chi connectivity index (χ0) is 25.8. The number of likely N-dealkylation sites (tertiary alicyclic amines) is 1. The lowest BCUT2D eigenvalue weighted by molar-refractivity contribution is -0.131. The van der Waals surface area contributed by atoms with E-state index in [9.17, 15) is 9.90 Å². The molecule has 0 radical (unpaired) electrons. The van der Waals surface area contributed by atoms with Crippen LogP contribution in [-0.2, 0) is 10.4 Å². The first-order valence-corrected chi connectivity index (χ1v) is 12.8. The molecule has 7 heteroatoms. The fourth-order valence-electron chi connectivity index (χ4n) is 5.05. The Morgan fingerprint density at radius 3 is 2.76 bits per heavy atom. The van der Waals surface area contributed by atoms with Crippen molar-refractivity contribution in [1.82, 2.24) is 9.88 Å². The predicted molar refractivity (Wildman–Crippen MR) is 144 cm³/mol. The summed E-state index contributed by atoms with van der Waals surface area (Å²) in [6, 6.07) is 11.4. The maximum atomic E-state index is 11.2. The highest BCUT2D eigenvalue weighted by Gasteiger charge is 2.33. The van der Waals surface area contributed by atoms with Crippen LogP contribution in [0.25, 0.3) is 5.57 Å². The van der Waals surface area contributed by atoms with Crippen molar-refractivity contribution in [1.29, 1.82) is 0 Å². The van der Waals surface area contributed by atoms with E-state index in [-0.39, 0.29) is 5.92 Å². The van der Waals surface area contributed by atoms with Gasteiger partial charge in [0, 0.05) is 54.0 Å². The summed E-state index contributed by atoms with van der Waals surface area (Å²) in [4.78, 5) is 17.9. The number of rotatable bonds is 6. The van der Waals surface area contributed by atoms with E-state index in [1.807, 2.05) is 54.6 Å². The van der Waals surface area contributed by atoms with E-state index in [0.717, 1.165) is 48.3 Å². The Bertz CT molecular complexity index is 1320. The summed E-state index contributed by atoms with van der Waals surface area (Å²) in [6.07, 6.45) is 16.7. The van der Waals surface area contributed by atoms with Crippen LogP contribution in [-0.4, -0.2) is 45.7 Å². The zero-order valence-electron chi connectivity index (χ0n) is 20.4. The fraction of sp³-hybridized carbons (Fsp3) is 0.267. The molecule has 190 valence electrons. The first-order valence-electron chi connectivity index (χ1n) is 12.5. The van der Waals surface area contributed by atoms with Gasteiger partial charge in [0.2, 0.25) is 5.88 Å². The average molecular weight is 517 g/mol. The van der Waals surface area contributed by atoms with E-state index in [0.29, 0.717) is 29.5 Å². The van der Waals surface area contributed by atoms with Crippen LogP contribution in [0, 0.1) is 5.92 Å². The van der Waals surface area contributed by atoms with Gasteiger partial charge in [-0.1, -0.05) is 48.0 Å². The van der Waals surface area contributed by atoms with Crippen LogP contribution in [0.1, 0.15) is 30.4 Å². The molecular formula is C30H29ClN2O4. The lowest BCUT2D eigenvalue weighted by Gasteiger charge is -2.38. The van der Waals surface area contributed by atoms with E-state index >= 15 is 0 Å². The zero-order valence-corrected chi connectivity index (χ0v) is 21.1. The van der Waals surface area contributed by atoms with Gasteiger partial charge in [0.1, 0.15) is 5.76 Å². The molecule has 5 rings (SSSR count). The molecule has 1 aliphatic carbocycles. The molecule has 2 N–H and O–H groups in total. The highest BCUT2D eigenvalue weighted by Crippen LogP contribution is 2.38. The van der Waals surface area contributed by atoms with Crippen molar-refractivity contribution in [2.75, 3.05) is 19.6 Å². The minimum absolute atomic E-state index is 0.207. The number of allylic oxidation sites excluding steroid dienone is 7. The number of carboxylic acids is 1. The van der Waals surface area contributed by atoms with E-state index < -0.39 is 11.6 Å². The molecule has 1 fully saturated rings. The first-order chi connectivity index (χ1) is 17.9. The molecule has 1 saturated heterocycles. The van der Waals surface area contributed by atoms with Crippen LogP contribution in [0.15, 0.2) is 96.5 Å². The van der Waals surface area contributed by atoms with Gasteiger partial charge in [-0.25, -0.2) is 9.78 Å². The molecule has 6 nitrogen and oxygen atoms in total. The normalized spacial score (nSPS) is 22.0. The molecule has 0 spiro atoms. The highest BCUT2D eigenvalue weighted by molar-refractivity contribution is 6.30. The number of hydrogen-bond donors (Lipinski definition) is 2. The molecular weight excluding hydrogens is 488 g/mol. The second kappa shape index (κ2) is 10.9. The van der Waals surface area contributed by atoms with Crippen molar-refractivity contribution < 1.29 is 19.7 Å². The van der Waals surface area contributed by atoms with Gasteiger partial charge in [0.25, 0.3) is 0 Å². The van der Waals surface area contributed by atoms with Crippen LogP contribution in [0.4, 0.5) is 0 Å². The number of carbonyl (C=O) groups is 1. The lowest BCUT2D eigenvalue weighted by atomic mass is 9.84. The molecule has 1 atom stereocenters. The van der Waals surface area contributed by atoms with Gasteiger partial charge in [-0.3, -0.25) is 0 Å². The monoisotopic (exact) mass is 516 g/mol. The van der Waals surface area contributed by atoms with Crippen LogP contribution in [0.3, 0.4) is 0 Å². The van der Waals surface area contributed by atoms with Crippen molar-refractivity contribution in [3.63, 3.8) is 0 Å². The summed E-state index contributed by atoms with van der Waals surface area (Å²) in [5.74, 6) is 0.0169. The van der Waals surface area contributed by atoms with Gasteiger partial charge >= 0.3 is 5.97 Å². The molecule has 2 aliphatic heterocycles. The Morgan fingerprint density at radius 1 is 1.22 bits per heavy atom. The number of piperidine rings is 1. The number of aromatic nitrogens is 1. The van der Waals surface area contributed by atoms with E-state index in [2.05, 4.69) is 22.0 Å². The van der Waals surface area contributed by atoms with Crippen molar-refractivity contribution in [3.05, 3.63) is 113 Å². The number of pyridine rings is 1. The topological polar surface area (TPSA) is 82.9 Å². The Balaban J connectivity index is 1.31. The van der Waals surface area contributed by atoms with Gasteiger partial charge in [0.05, 0.1) is 5.60 Å². The number of benzene rings is 1. The smallest absolute Gasteiger partial charge is 0.328 e. The standard InChI is InChI=1S/C30H29ClN2O4/c31-24-11-9-23(10-12-24)30(36)14-18-33(19-15-30)17-3-5-22-20-26-21(8-13-28(34)35)4-1-7-27(26)37-29-25(22)6-2-16-32-29/h1-2,4-13,16,20-21,36H,3,14-15,17-19H2,(H,34,35). The molecule has 2 aromatic rings. The number of hydrogen-bond acceptors (Lipinski definition) is 5. The predicted octanol–water partition coefficient (Wildman–Crippen LogP) is 5.52. The van der Waals surface area contributed by atoms with Crippen LogP contribution in [0.2, 0.25) is 5.02 Å². The summed E-state index contributed by atoms with van der Waals surface area (Å²) in [5.41, 5.74) is 2.91. The fourth-order valence-corrected chi connectivity index (χ4v) is 5.18. The van der Waals surface area contributed by atoms with Crippen molar-refractivity contribution in [2.24, 2.45) is 5.92 Å². The number of aliphatic carboxylic acids is 1. The van der Waals surface area contributed by atoms with Gasteiger partial charge in [-0.2, -0.15) is 0 Å². The third-order valence-corrected chi connectivity index (χ3v) is 7.38. The van der Waals surface area contributed by atoms with E-state index in [1.54, 1.807) is 12.3 Å². The Labute approximate surface area is 221 Å². The Morgan fingerprint density at radius 2 is 2.00 bits per heavy atom. The number of fused-ring (bicyclic) bond motifs is 2. The summed E-state index contributed by atoms with van der Waals surface area (Å²) < 4.78 is 6.16. The van der Waals surface area contributed by atoms with E-state index in [1.165, 1.54) is 6.08 Å². The van der Waals surface area contributed by atoms with Gasteiger partial charge in [0.15, 0.2) is 0 Å². The second-order valence-electron chi connectivity index (χ2n) is 9.53. The Kier molecular flexibility index (Phi) is 7.42. The number of halogens is 1. The Hall–Kier alpha value is -3.45. The molecule has 3 aliphatic rings. The maximum Gasteiger partial charge on any atom is 0.328 e. The lowest BCUT2D eigenvalue weighted by Crippen LogP contribution is -2.42. The molecule has 1 aromatic heterocycles. The van der Waals surface area contributed by atoms with Gasteiger partial charge in [-0.15, -0.1) is 0 Å².